The molecule has 0 aromatic carbocycles. The van der Waals surface area contributed by atoms with E-state index in [1.54, 1.807) is 12.4 Å². The van der Waals surface area contributed by atoms with Crippen LogP contribution in [0.15, 0.2) is 5.51 Å². The monoisotopic (exact) mass is 189 g/mol. The van der Waals surface area contributed by atoms with Gasteiger partial charge in [0.25, 0.3) is 0 Å². The SMILES string of the molecule is CCOC(=O)c1scnc1P. The summed E-state index contributed by atoms with van der Waals surface area (Å²) >= 11 is 1.29. The number of hydrogen-bond acceptors (Lipinski definition) is 4. The molecule has 60 valence electrons. The molecule has 0 aliphatic rings. The highest BCUT2D eigenvalue weighted by molar-refractivity contribution is 7.30. The summed E-state index contributed by atoms with van der Waals surface area (Å²) in [5, 5.41) is 0. The van der Waals surface area contributed by atoms with E-state index in [-0.39, 0.29) is 5.97 Å². The molecule has 0 aliphatic carbocycles. The third kappa shape index (κ3) is 1.98. The quantitative estimate of drug-likeness (QED) is 0.510. The lowest BCUT2D eigenvalue weighted by atomic mass is 10.5. The summed E-state index contributed by atoms with van der Waals surface area (Å²) in [7, 11) is 2.39. The topological polar surface area (TPSA) is 39.2 Å². The summed E-state index contributed by atoms with van der Waals surface area (Å²) in [6, 6.07) is 0. The van der Waals surface area contributed by atoms with Crippen molar-refractivity contribution in [3.63, 3.8) is 0 Å². The Hall–Kier alpha value is -0.470. The van der Waals surface area contributed by atoms with E-state index in [1.165, 1.54) is 11.3 Å². The van der Waals surface area contributed by atoms with Gasteiger partial charge in [0, 0.05) is 0 Å². The zero-order chi connectivity index (χ0) is 8.27. The Kier molecular flexibility index (Phi) is 2.97. The lowest BCUT2D eigenvalue weighted by Crippen LogP contribution is -2.10. The van der Waals surface area contributed by atoms with Crippen molar-refractivity contribution in [3.8, 4) is 0 Å². The lowest BCUT2D eigenvalue weighted by Gasteiger charge is -1.97. The van der Waals surface area contributed by atoms with Crippen LogP contribution in [0.4, 0.5) is 0 Å². The lowest BCUT2D eigenvalue weighted by molar-refractivity contribution is 0.0533. The molecule has 0 saturated heterocycles. The fourth-order valence-corrected chi connectivity index (χ4v) is 1.71. The molecular formula is C6H8NO2PS. The highest BCUT2D eigenvalue weighted by atomic mass is 32.1. The Bertz CT molecular complexity index is 261. The first-order valence-corrected chi connectivity index (χ1v) is 4.57. The third-order valence-corrected chi connectivity index (χ3v) is 2.53. The molecule has 1 aromatic heterocycles. The van der Waals surface area contributed by atoms with Crippen molar-refractivity contribution < 1.29 is 9.53 Å². The average Bonchev–Trinajstić information content (AvgIpc) is 2.36. The molecule has 0 saturated carbocycles. The number of hydrogen-bond donors (Lipinski definition) is 0. The Morgan fingerprint density at radius 2 is 2.64 bits per heavy atom. The van der Waals surface area contributed by atoms with Crippen LogP contribution in [0.3, 0.4) is 0 Å². The molecule has 11 heavy (non-hydrogen) atoms. The standard InChI is InChI=1S/C6H8NO2PS/c1-2-9-6(8)4-5(10)7-3-11-4/h3H,2,10H2,1H3. The van der Waals surface area contributed by atoms with Crippen LogP contribution in [0, 0.1) is 0 Å². The van der Waals surface area contributed by atoms with E-state index >= 15 is 0 Å². The molecule has 0 radical (unpaired) electrons. The van der Waals surface area contributed by atoms with Crippen molar-refractivity contribution in [2.45, 2.75) is 6.92 Å². The second-order valence-corrected chi connectivity index (χ2v) is 3.19. The molecule has 1 rings (SSSR count). The van der Waals surface area contributed by atoms with Crippen LogP contribution < -0.4 is 5.44 Å². The first-order chi connectivity index (χ1) is 5.25. The summed E-state index contributed by atoms with van der Waals surface area (Å²) in [6.07, 6.45) is 0. The van der Waals surface area contributed by atoms with E-state index in [9.17, 15) is 4.79 Å². The Balaban J connectivity index is 2.76. The molecule has 0 aliphatic heterocycles. The first kappa shape index (κ1) is 8.62. The molecule has 1 aromatic rings. The second kappa shape index (κ2) is 3.79. The molecule has 1 heterocycles. The summed E-state index contributed by atoms with van der Waals surface area (Å²) in [4.78, 5) is 15.5. The smallest absolute Gasteiger partial charge is 0.350 e. The number of rotatable bonds is 2. The fraction of sp³-hybridized carbons (Fsp3) is 0.333. The van der Waals surface area contributed by atoms with Crippen LogP contribution in [0.2, 0.25) is 0 Å². The Morgan fingerprint density at radius 3 is 3.09 bits per heavy atom. The largest absolute Gasteiger partial charge is 0.462 e. The second-order valence-electron chi connectivity index (χ2n) is 1.79. The van der Waals surface area contributed by atoms with E-state index in [2.05, 4.69) is 14.2 Å². The van der Waals surface area contributed by atoms with E-state index < -0.39 is 0 Å². The van der Waals surface area contributed by atoms with Gasteiger partial charge in [0.1, 0.15) is 4.88 Å². The maximum absolute atomic E-state index is 11.1. The summed E-state index contributed by atoms with van der Waals surface area (Å²) in [5.41, 5.74) is 2.28. The molecule has 0 fully saturated rings. The highest BCUT2D eigenvalue weighted by Crippen LogP contribution is 2.07. The first-order valence-electron chi connectivity index (χ1n) is 3.11. The van der Waals surface area contributed by atoms with Gasteiger partial charge in [-0.15, -0.1) is 11.3 Å². The molecular weight excluding hydrogens is 181 g/mol. The van der Waals surface area contributed by atoms with Crippen LogP contribution in [0.25, 0.3) is 0 Å². The zero-order valence-electron chi connectivity index (χ0n) is 6.03. The predicted octanol–water partition coefficient (Wildman–Crippen LogP) is 0.820. The number of nitrogens with zero attached hydrogens (tertiary/aromatic N) is 1. The minimum absolute atomic E-state index is 0.292. The Morgan fingerprint density at radius 1 is 1.91 bits per heavy atom. The predicted molar refractivity (Wildman–Crippen MR) is 47.4 cm³/mol. The zero-order valence-corrected chi connectivity index (χ0v) is 8.00. The van der Waals surface area contributed by atoms with Crippen LogP contribution in [0.1, 0.15) is 16.6 Å². The Labute approximate surface area is 71.0 Å². The van der Waals surface area contributed by atoms with Gasteiger partial charge in [-0.25, -0.2) is 9.78 Å². The van der Waals surface area contributed by atoms with Gasteiger partial charge in [-0.2, -0.15) is 0 Å². The van der Waals surface area contributed by atoms with Crippen molar-refractivity contribution in [2.24, 2.45) is 0 Å². The van der Waals surface area contributed by atoms with Crippen molar-refractivity contribution in [2.75, 3.05) is 6.61 Å². The van der Waals surface area contributed by atoms with Gasteiger partial charge < -0.3 is 4.74 Å². The number of aromatic nitrogens is 1. The number of ether oxygens (including phenoxy) is 1. The van der Waals surface area contributed by atoms with Crippen LogP contribution in [-0.4, -0.2) is 17.6 Å². The van der Waals surface area contributed by atoms with Gasteiger partial charge >= 0.3 is 5.97 Å². The van der Waals surface area contributed by atoms with E-state index in [0.717, 1.165) is 0 Å². The number of carbonyl (C=O) groups is 1. The molecule has 1 atom stereocenters. The molecule has 0 bridgehead atoms. The molecule has 5 heteroatoms. The number of thiazole rings is 1. The minimum atomic E-state index is -0.292. The number of esters is 1. The fourth-order valence-electron chi connectivity index (χ4n) is 0.604. The summed E-state index contributed by atoms with van der Waals surface area (Å²) in [5.74, 6) is -0.292. The molecule has 1 unspecified atom stereocenters. The van der Waals surface area contributed by atoms with Crippen LogP contribution >= 0.6 is 20.6 Å². The van der Waals surface area contributed by atoms with Gasteiger partial charge in [-0.05, 0) is 6.92 Å². The van der Waals surface area contributed by atoms with Crippen LogP contribution in [-0.2, 0) is 4.74 Å². The maximum Gasteiger partial charge on any atom is 0.350 e. The number of carbonyl (C=O) groups excluding carboxylic acids is 1. The van der Waals surface area contributed by atoms with Gasteiger partial charge in [-0.3, -0.25) is 0 Å². The van der Waals surface area contributed by atoms with Gasteiger partial charge in [0.2, 0.25) is 0 Å². The van der Waals surface area contributed by atoms with Crippen molar-refractivity contribution in [1.29, 1.82) is 0 Å². The van der Waals surface area contributed by atoms with Gasteiger partial charge in [0.15, 0.2) is 0 Å². The van der Waals surface area contributed by atoms with Gasteiger partial charge in [-0.1, -0.05) is 9.24 Å². The summed E-state index contributed by atoms with van der Waals surface area (Å²) < 4.78 is 4.79. The normalized spacial score (nSPS) is 9.64. The van der Waals surface area contributed by atoms with Crippen molar-refractivity contribution in [1.82, 2.24) is 4.98 Å². The third-order valence-electron chi connectivity index (χ3n) is 1.06. The van der Waals surface area contributed by atoms with Gasteiger partial charge in [0.05, 0.1) is 17.6 Å². The minimum Gasteiger partial charge on any atom is -0.462 e. The molecule has 0 spiro atoms. The van der Waals surface area contributed by atoms with E-state index in [1.807, 2.05) is 0 Å². The maximum atomic E-state index is 11.1. The molecule has 0 amide bonds. The van der Waals surface area contributed by atoms with Crippen molar-refractivity contribution in [3.05, 3.63) is 10.4 Å². The molecule has 3 nitrogen and oxygen atoms in total. The highest BCUT2D eigenvalue weighted by Gasteiger charge is 2.11. The van der Waals surface area contributed by atoms with E-state index in [4.69, 9.17) is 4.74 Å². The molecule has 0 N–H and O–H groups in total. The van der Waals surface area contributed by atoms with E-state index in [0.29, 0.717) is 16.9 Å². The van der Waals surface area contributed by atoms with Crippen molar-refractivity contribution >= 4 is 32.0 Å². The summed E-state index contributed by atoms with van der Waals surface area (Å²) in [6.45, 7) is 2.18. The van der Waals surface area contributed by atoms with Crippen LogP contribution in [0.5, 0.6) is 0 Å². The average molecular weight is 189 g/mol.